The quantitative estimate of drug-likeness (QED) is 0.851. The highest BCUT2D eigenvalue weighted by molar-refractivity contribution is 6.04. The van der Waals surface area contributed by atoms with Gasteiger partial charge in [0.1, 0.15) is 5.76 Å². The first kappa shape index (κ1) is 12.7. The van der Waals surface area contributed by atoms with E-state index in [4.69, 9.17) is 4.42 Å². The van der Waals surface area contributed by atoms with E-state index in [9.17, 15) is 4.79 Å². The third-order valence-electron chi connectivity index (χ3n) is 3.58. The average molecular weight is 268 g/mol. The SMILES string of the molecule is Cc1occc1C(=O)N/N=C1/CCCc2ccccc21. The lowest BCUT2D eigenvalue weighted by Crippen LogP contribution is -2.22. The molecular formula is C16H16N2O2. The molecular weight excluding hydrogens is 252 g/mol. The highest BCUT2D eigenvalue weighted by atomic mass is 16.3. The van der Waals surface area contributed by atoms with Crippen LogP contribution in [0.15, 0.2) is 46.1 Å². The molecule has 1 aliphatic rings. The number of benzene rings is 1. The predicted octanol–water partition coefficient (Wildman–Crippen LogP) is 3.06. The molecule has 1 amide bonds. The zero-order chi connectivity index (χ0) is 13.9. The van der Waals surface area contributed by atoms with E-state index in [1.54, 1.807) is 13.0 Å². The molecule has 0 fully saturated rings. The van der Waals surface area contributed by atoms with Crippen molar-refractivity contribution in [3.05, 3.63) is 59.0 Å². The molecule has 0 unspecified atom stereocenters. The molecule has 0 aliphatic heterocycles. The highest BCUT2D eigenvalue weighted by Gasteiger charge is 2.16. The molecule has 4 heteroatoms. The van der Waals surface area contributed by atoms with Crippen LogP contribution in [-0.2, 0) is 6.42 Å². The van der Waals surface area contributed by atoms with E-state index in [1.807, 2.05) is 12.1 Å². The molecule has 1 aromatic heterocycles. The summed E-state index contributed by atoms with van der Waals surface area (Å²) in [5, 5.41) is 4.30. The van der Waals surface area contributed by atoms with Crippen LogP contribution in [0, 0.1) is 6.92 Å². The number of amides is 1. The summed E-state index contributed by atoms with van der Waals surface area (Å²) in [6, 6.07) is 9.87. The van der Waals surface area contributed by atoms with Crippen molar-refractivity contribution in [2.75, 3.05) is 0 Å². The van der Waals surface area contributed by atoms with E-state index < -0.39 is 0 Å². The zero-order valence-electron chi connectivity index (χ0n) is 11.3. The second kappa shape index (κ2) is 5.33. The van der Waals surface area contributed by atoms with Gasteiger partial charge >= 0.3 is 0 Å². The Hall–Kier alpha value is -2.36. The lowest BCUT2D eigenvalue weighted by Gasteiger charge is -2.17. The van der Waals surface area contributed by atoms with Gasteiger partial charge in [-0.3, -0.25) is 4.79 Å². The Morgan fingerprint density at radius 2 is 2.10 bits per heavy atom. The van der Waals surface area contributed by atoms with Crippen molar-refractivity contribution in [2.45, 2.75) is 26.2 Å². The van der Waals surface area contributed by atoms with Crippen molar-refractivity contribution in [3.63, 3.8) is 0 Å². The first-order chi connectivity index (χ1) is 9.75. The number of aryl methyl sites for hydroxylation is 2. The van der Waals surface area contributed by atoms with Gasteiger partial charge in [0.2, 0.25) is 0 Å². The number of nitrogens with zero attached hydrogens (tertiary/aromatic N) is 1. The molecule has 1 heterocycles. The minimum absolute atomic E-state index is 0.230. The fourth-order valence-electron chi connectivity index (χ4n) is 2.52. The largest absolute Gasteiger partial charge is 0.469 e. The summed E-state index contributed by atoms with van der Waals surface area (Å²) in [6.45, 7) is 1.76. The van der Waals surface area contributed by atoms with Gasteiger partial charge in [0.25, 0.3) is 5.91 Å². The smallest absolute Gasteiger partial charge is 0.274 e. The van der Waals surface area contributed by atoms with Crippen molar-refractivity contribution < 1.29 is 9.21 Å². The molecule has 1 aromatic carbocycles. The minimum atomic E-state index is -0.230. The Bertz CT molecular complexity index is 671. The van der Waals surface area contributed by atoms with Crippen LogP contribution in [-0.4, -0.2) is 11.6 Å². The standard InChI is InChI=1S/C16H16N2O2/c1-11-13(9-10-20-11)16(19)18-17-15-8-4-6-12-5-2-3-7-14(12)15/h2-3,5,7,9-10H,4,6,8H2,1H3,(H,18,19)/b17-15-. The first-order valence-electron chi connectivity index (χ1n) is 6.75. The molecule has 2 aromatic rings. The number of hydrazone groups is 1. The van der Waals surface area contributed by atoms with Gasteiger partial charge in [0.05, 0.1) is 17.5 Å². The van der Waals surface area contributed by atoms with Crippen LogP contribution in [0.4, 0.5) is 0 Å². The Morgan fingerprint density at radius 1 is 1.25 bits per heavy atom. The van der Waals surface area contributed by atoms with Gasteiger partial charge in [-0.15, -0.1) is 0 Å². The zero-order valence-corrected chi connectivity index (χ0v) is 11.3. The monoisotopic (exact) mass is 268 g/mol. The number of hydrogen-bond donors (Lipinski definition) is 1. The van der Waals surface area contributed by atoms with Gasteiger partial charge < -0.3 is 4.42 Å². The summed E-state index contributed by atoms with van der Waals surface area (Å²) in [7, 11) is 0. The number of rotatable bonds is 2. The molecule has 20 heavy (non-hydrogen) atoms. The minimum Gasteiger partial charge on any atom is -0.469 e. The Kier molecular flexibility index (Phi) is 3.37. The van der Waals surface area contributed by atoms with Gasteiger partial charge in [-0.1, -0.05) is 24.3 Å². The van der Waals surface area contributed by atoms with E-state index >= 15 is 0 Å². The van der Waals surface area contributed by atoms with Gasteiger partial charge in [-0.25, -0.2) is 5.43 Å². The third kappa shape index (κ3) is 2.37. The molecule has 4 nitrogen and oxygen atoms in total. The van der Waals surface area contributed by atoms with E-state index in [0.29, 0.717) is 11.3 Å². The maximum atomic E-state index is 12.0. The summed E-state index contributed by atoms with van der Waals surface area (Å²) in [4.78, 5) is 12.0. The molecule has 0 bridgehead atoms. The summed E-state index contributed by atoms with van der Waals surface area (Å²) in [6.07, 6.45) is 4.54. The fraction of sp³-hybridized carbons (Fsp3) is 0.250. The topological polar surface area (TPSA) is 54.6 Å². The predicted molar refractivity (Wildman–Crippen MR) is 76.8 cm³/mol. The van der Waals surface area contributed by atoms with Crippen molar-refractivity contribution in [1.82, 2.24) is 5.43 Å². The number of hydrogen-bond acceptors (Lipinski definition) is 3. The average Bonchev–Trinajstić information content (AvgIpc) is 2.91. The molecule has 1 N–H and O–H groups in total. The second-order valence-electron chi connectivity index (χ2n) is 4.90. The van der Waals surface area contributed by atoms with Crippen LogP contribution < -0.4 is 5.43 Å². The molecule has 1 aliphatic carbocycles. The first-order valence-corrected chi connectivity index (χ1v) is 6.75. The summed E-state index contributed by atoms with van der Waals surface area (Å²) in [5.41, 5.74) is 6.54. The summed E-state index contributed by atoms with van der Waals surface area (Å²) in [5.74, 6) is 0.374. The maximum absolute atomic E-state index is 12.0. The molecule has 0 radical (unpaired) electrons. The summed E-state index contributed by atoms with van der Waals surface area (Å²) < 4.78 is 5.12. The maximum Gasteiger partial charge on any atom is 0.274 e. The van der Waals surface area contributed by atoms with Crippen LogP contribution in [0.25, 0.3) is 0 Å². The van der Waals surface area contributed by atoms with Crippen molar-refractivity contribution in [3.8, 4) is 0 Å². The Labute approximate surface area is 117 Å². The van der Waals surface area contributed by atoms with E-state index in [2.05, 4.69) is 22.7 Å². The highest BCUT2D eigenvalue weighted by Crippen LogP contribution is 2.21. The number of carbonyl (C=O) groups excluding carboxylic acids is 1. The molecule has 0 saturated heterocycles. The van der Waals surface area contributed by atoms with E-state index in [0.717, 1.165) is 30.5 Å². The van der Waals surface area contributed by atoms with Crippen molar-refractivity contribution in [1.29, 1.82) is 0 Å². The van der Waals surface area contributed by atoms with Gasteiger partial charge in [-0.2, -0.15) is 5.10 Å². The fourth-order valence-corrected chi connectivity index (χ4v) is 2.52. The number of furan rings is 1. The summed E-state index contributed by atoms with van der Waals surface area (Å²) >= 11 is 0. The van der Waals surface area contributed by atoms with Crippen LogP contribution in [0.1, 0.15) is 40.1 Å². The normalized spacial score (nSPS) is 15.9. The third-order valence-corrected chi connectivity index (χ3v) is 3.58. The van der Waals surface area contributed by atoms with Gasteiger partial charge in [0, 0.05) is 5.56 Å². The Morgan fingerprint density at radius 3 is 2.90 bits per heavy atom. The van der Waals surface area contributed by atoms with Crippen molar-refractivity contribution in [2.24, 2.45) is 5.10 Å². The van der Waals surface area contributed by atoms with Gasteiger partial charge in [0.15, 0.2) is 0 Å². The van der Waals surface area contributed by atoms with Crippen LogP contribution in [0.2, 0.25) is 0 Å². The number of fused-ring (bicyclic) bond motifs is 1. The molecule has 102 valence electrons. The number of nitrogens with one attached hydrogen (secondary N) is 1. The van der Waals surface area contributed by atoms with Crippen molar-refractivity contribution >= 4 is 11.6 Å². The molecule has 3 rings (SSSR count). The number of carbonyl (C=O) groups is 1. The second-order valence-corrected chi connectivity index (χ2v) is 4.90. The molecule has 0 saturated carbocycles. The lowest BCUT2D eigenvalue weighted by atomic mass is 9.90. The molecule has 0 atom stereocenters. The molecule has 0 spiro atoms. The van der Waals surface area contributed by atoms with Crippen LogP contribution in [0.5, 0.6) is 0 Å². The van der Waals surface area contributed by atoms with Crippen LogP contribution in [0.3, 0.4) is 0 Å². The Balaban J connectivity index is 1.81. The van der Waals surface area contributed by atoms with Gasteiger partial charge in [-0.05, 0) is 37.8 Å². The van der Waals surface area contributed by atoms with E-state index in [-0.39, 0.29) is 5.91 Å². The lowest BCUT2D eigenvalue weighted by molar-refractivity contribution is 0.0953. The van der Waals surface area contributed by atoms with Crippen LogP contribution >= 0.6 is 0 Å². The van der Waals surface area contributed by atoms with E-state index in [1.165, 1.54) is 11.8 Å².